The highest BCUT2D eigenvalue weighted by Gasteiger charge is 2.25. The summed E-state index contributed by atoms with van der Waals surface area (Å²) in [7, 11) is 0. The van der Waals surface area contributed by atoms with Gasteiger partial charge in [0.1, 0.15) is 11.8 Å². The van der Waals surface area contributed by atoms with Crippen LogP contribution in [0.4, 0.5) is 0 Å². The van der Waals surface area contributed by atoms with Crippen LogP contribution >= 0.6 is 0 Å². The van der Waals surface area contributed by atoms with E-state index in [2.05, 4.69) is 6.07 Å². The van der Waals surface area contributed by atoms with Crippen LogP contribution in [-0.4, -0.2) is 10.1 Å². The number of aromatic hydroxyl groups is 1. The Kier molecular flexibility index (Phi) is 3.24. The number of fused-ring (bicyclic) bond motifs is 1. The second-order valence-electron chi connectivity index (χ2n) is 6.14. The van der Waals surface area contributed by atoms with Gasteiger partial charge >= 0.3 is 0 Å². The van der Waals surface area contributed by atoms with Crippen molar-refractivity contribution in [2.24, 2.45) is 5.92 Å². The van der Waals surface area contributed by atoms with Gasteiger partial charge in [-0.25, -0.2) is 0 Å². The number of rotatable bonds is 3. The van der Waals surface area contributed by atoms with E-state index in [0.29, 0.717) is 11.5 Å². The van der Waals surface area contributed by atoms with Gasteiger partial charge in [-0.3, -0.25) is 4.98 Å². The van der Waals surface area contributed by atoms with Crippen LogP contribution in [0, 0.1) is 17.2 Å². The van der Waals surface area contributed by atoms with Crippen molar-refractivity contribution in [2.75, 3.05) is 0 Å². The molecule has 0 bridgehead atoms. The molecule has 0 radical (unpaired) electrons. The lowest BCUT2D eigenvalue weighted by Gasteiger charge is -2.13. The first-order valence-electron chi connectivity index (χ1n) is 7.87. The summed E-state index contributed by atoms with van der Waals surface area (Å²) in [6.45, 7) is 0. The third-order valence-electron chi connectivity index (χ3n) is 4.40. The third kappa shape index (κ3) is 2.53. The molecule has 23 heavy (non-hydrogen) atoms. The maximum absolute atomic E-state index is 9.88. The first-order chi connectivity index (χ1) is 11.3. The largest absolute Gasteiger partial charge is 0.508 e. The lowest BCUT2D eigenvalue weighted by Crippen LogP contribution is -2.01. The number of nitrogens with zero attached hydrogens (tertiary/aromatic N) is 2. The van der Waals surface area contributed by atoms with Crippen LogP contribution in [-0.2, 0) is 6.42 Å². The highest BCUT2D eigenvalue weighted by atomic mass is 16.3. The topological polar surface area (TPSA) is 56.9 Å². The van der Waals surface area contributed by atoms with E-state index in [1.165, 1.54) is 12.8 Å². The fraction of sp³-hybridized carbons (Fsp3) is 0.200. The molecule has 0 unspecified atom stereocenters. The van der Waals surface area contributed by atoms with Crippen LogP contribution in [0.2, 0.25) is 0 Å². The maximum atomic E-state index is 9.88. The highest BCUT2D eigenvalue weighted by Crippen LogP contribution is 2.38. The monoisotopic (exact) mass is 300 g/mol. The van der Waals surface area contributed by atoms with Crippen molar-refractivity contribution in [3.05, 3.63) is 59.8 Å². The van der Waals surface area contributed by atoms with Gasteiger partial charge in [-0.2, -0.15) is 5.26 Å². The Bertz CT molecular complexity index is 922. The summed E-state index contributed by atoms with van der Waals surface area (Å²) in [6, 6.07) is 17.4. The average Bonchev–Trinajstić information content (AvgIpc) is 3.39. The van der Waals surface area contributed by atoms with E-state index in [4.69, 9.17) is 4.98 Å². The Hall–Kier alpha value is -2.86. The highest BCUT2D eigenvalue weighted by molar-refractivity contribution is 5.98. The summed E-state index contributed by atoms with van der Waals surface area (Å²) < 4.78 is 0. The first kappa shape index (κ1) is 13.8. The molecule has 3 heteroatoms. The van der Waals surface area contributed by atoms with Crippen molar-refractivity contribution < 1.29 is 5.11 Å². The van der Waals surface area contributed by atoms with Crippen molar-refractivity contribution >= 4 is 10.9 Å². The van der Waals surface area contributed by atoms with Gasteiger partial charge in [0.15, 0.2) is 0 Å². The molecule has 1 fully saturated rings. The molecule has 1 aliphatic carbocycles. The van der Waals surface area contributed by atoms with Gasteiger partial charge in [0.2, 0.25) is 0 Å². The molecule has 1 aliphatic rings. The quantitative estimate of drug-likeness (QED) is 0.778. The number of phenols is 1. The molecule has 0 saturated heterocycles. The fourth-order valence-electron chi connectivity index (χ4n) is 3.07. The maximum Gasteiger partial charge on any atom is 0.116 e. The second-order valence-corrected chi connectivity index (χ2v) is 6.14. The SMILES string of the molecule is N#Cc1c(CC2CC2)nc2ccc(O)cc2c1-c1ccccc1. The van der Waals surface area contributed by atoms with Crippen LogP contribution in [0.15, 0.2) is 48.5 Å². The second kappa shape index (κ2) is 5.40. The summed E-state index contributed by atoms with van der Waals surface area (Å²) in [5, 5.41) is 20.5. The van der Waals surface area contributed by atoms with E-state index in [0.717, 1.165) is 34.1 Å². The molecule has 4 rings (SSSR count). The lowest BCUT2D eigenvalue weighted by molar-refractivity contribution is 0.476. The molecular formula is C20H16N2O. The molecule has 1 saturated carbocycles. The minimum Gasteiger partial charge on any atom is -0.508 e. The van der Waals surface area contributed by atoms with E-state index >= 15 is 0 Å². The normalized spacial score (nSPS) is 13.9. The van der Waals surface area contributed by atoms with Gasteiger partial charge in [-0.05, 0) is 48.9 Å². The Morgan fingerprint density at radius 2 is 1.91 bits per heavy atom. The smallest absolute Gasteiger partial charge is 0.116 e. The Morgan fingerprint density at radius 1 is 1.13 bits per heavy atom. The molecule has 1 heterocycles. The standard InChI is InChI=1S/C20H16N2O/c21-12-17-19(10-13-6-7-13)22-18-9-8-15(23)11-16(18)20(17)14-4-2-1-3-5-14/h1-5,8-9,11,13,23H,6-7,10H2. The van der Waals surface area contributed by atoms with Crippen molar-refractivity contribution in [3.8, 4) is 22.9 Å². The number of aromatic nitrogens is 1. The molecule has 1 N–H and O–H groups in total. The Balaban J connectivity index is 2.06. The number of nitriles is 1. The molecule has 0 amide bonds. The zero-order valence-electron chi connectivity index (χ0n) is 12.7. The molecule has 0 atom stereocenters. The zero-order valence-corrected chi connectivity index (χ0v) is 12.7. The van der Waals surface area contributed by atoms with Crippen LogP contribution in [0.5, 0.6) is 5.75 Å². The minimum absolute atomic E-state index is 0.190. The molecule has 2 aromatic carbocycles. The average molecular weight is 300 g/mol. The molecule has 0 spiro atoms. The summed E-state index contributed by atoms with van der Waals surface area (Å²) in [5.74, 6) is 0.850. The van der Waals surface area contributed by atoms with E-state index in [1.807, 2.05) is 36.4 Å². The van der Waals surface area contributed by atoms with Crippen molar-refractivity contribution in [2.45, 2.75) is 19.3 Å². The van der Waals surface area contributed by atoms with E-state index in [-0.39, 0.29) is 5.75 Å². The van der Waals surface area contributed by atoms with Gasteiger partial charge in [0.05, 0.1) is 16.8 Å². The summed E-state index contributed by atoms with van der Waals surface area (Å²) in [6.07, 6.45) is 3.31. The minimum atomic E-state index is 0.190. The first-order valence-corrected chi connectivity index (χ1v) is 7.87. The van der Waals surface area contributed by atoms with Gasteiger partial charge in [0.25, 0.3) is 0 Å². The summed E-state index contributed by atoms with van der Waals surface area (Å²) in [5.41, 5.74) is 4.22. The number of pyridine rings is 1. The van der Waals surface area contributed by atoms with Crippen LogP contribution in [0.25, 0.3) is 22.0 Å². The lowest BCUT2D eigenvalue weighted by atomic mass is 9.93. The van der Waals surface area contributed by atoms with E-state index in [9.17, 15) is 10.4 Å². The number of benzene rings is 2. The van der Waals surface area contributed by atoms with Gasteiger partial charge in [-0.1, -0.05) is 30.3 Å². The van der Waals surface area contributed by atoms with Gasteiger partial charge in [-0.15, -0.1) is 0 Å². The van der Waals surface area contributed by atoms with Gasteiger partial charge in [0, 0.05) is 10.9 Å². The van der Waals surface area contributed by atoms with Crippen molar-refractivity contribution in [3.63, 3.8) is 0 Å². The summed E-state index contributed by atoms with van der Waals surface area (Å²) in [4.78, 5) is 4.72. The molecule has 1 aromatic heterocycles. The van der Waals surface area contributed by atoms with Gasteiger partial charge < -0.3 is 5.11 Å². The molecule has 3 aromatic rings. The Morgan fingerprint density at radius 3 is 2.61 bits per heavy atom. The number of hydrogen-bond acceptors (Lipinski definition) is 3. The Labute approximate surface area is 134 Å². The number of phenolic OH excluding ortho intramolecular Hbond substituents is 1. The third-order valence-corrected chi connectivity index (χ3v) is 4.40. The molecule has 3 nitrogen and oxygen atoms in total. The fourth-order valence-corrected chi connectivity index (χ4v) is 3.07. The predicted molar refractivity (Wildman–Crippen MR) is 90.0 cm³/mol. The van der Waals surface area contributed by atoms with E-state index in [1.54, 1.807) is 12.1 Å². The molecular weight excluding hydrogens is 284 g/mol. The van der Waals surface area contributed by atoms with Crippen molar-refractivity contribution in [1.82, 2.24) is 4.98 Å². The summed E-state index contributed by atoms with van der Waals surface area (Å²) >= 11 is 0. The van der Waals surface area contributed by atoms with Crippen LogP contribution in [0.3, 0.4) is 0 Å². The zero-order chi connectivity index (χ0) is 15.8. The van der Waals surface area contributed by atoms with Crippen molar-refractivity contribution in [1.29, 1.82) is 5.26 Å². The number of hydrogen-bond donors (Lipinski definition) is 1. The van der Waals surface area contributed by atoms with Crippen LogP contribution < -0.4 is 0 Å². The predicted octanol–water partition coefficient (Wildman–Crippen LogP) is 4.43. The van der Waals surface area contributed by atoms with E-state index < -0.39 is 0 Å². The molecule has 0 aliphatic heterocycles. The van der Waals surface area contributed by atoms with Crippen LogP contribution in [0.1, 0.15) is 24.1 Å². The molecule has 112 valence electrons.